The Hall–Kier alpha value is -8.45. The normalized spacial score (nSPS) is 25.1. The number of nitrogens with two attached hydrogens (primary N) is 1. The maximum atomic E-state index is 14.7. The van der Waals surface area contributed by atoms with Crippen molar-refractivity contribution >= 4 is 70.9 Å². The van der Waals surface area contributed by atoms with Gasteiger partial charge in [0.05, 0.1) is 43.5 Å². The van der Waals surface area contributed by atoms with Crippen molar-refractivity contribution in [1.29, 1.82) is 0 Å². The number of aromatic nitrogens is 2. The molecule has 5 aromatic rings. The first-order chi connectivity index (χ1) is 43.4. The number of carbonyl (C=O) groups is 8. The average molecular weight is 1310 g/mol. The second-order valence-electron chi connectivity index (χ2n) is 21.9. The molecule has 3 saturated heterocycles. The largest absolute Gasteiger partial charge is 0.504 e. The molecular weight excluding hydrogens is 1240 g/mol. The Morgan fingerprint density at radius 3 is 1.96 bits per heavy atom. The van der Waals surface area contributed by atoms with Gasteiger partial charge in [0.15, 0.2) is 11.5 Å². The summed E-state index contributed by atoms with van der Waals surface area (Å²) in [5.41, 5.74) is 8.34. The fraction of sp³-hybridized carbons (Fsp3) is 0.414. The van der Waals surface area contributed by atoms with Crippen LogP contribution in [0, 0.1) is 5.92 Å². The molecule has 4 heterocycles. The number of aliphatic hydroxyl groups excluding tert-OH is 7. The van der Waals surface area contributed by atoms with Crippen molar-refractivity contribution in [2.24, 2.45) is 11.7 Å². The summed E-state index contributed by atoms with van der Waals surface area (Å²) in [6, 6.07) is 12.0. The molecule has 3 aliphatic rings. The Morgan fingerprint density at radius 2 is 1.34 bits per heavy atom. The predicted octanol–water partition coefficient (Wildman–Crippen LogP) is -1.68. The number of nitrogens with one attached hydrogen (secondary N) is 5. The number of primary amides is 1. The molecule has 8 rings (SSSR count). The van der Waals surface area contributed by atoms with Crippen molar-refractivity contribution in [3.63, 3.8) is 0 Å². The number of phenols is 1. The summed E-state index contributed by atoms with van der Waals surface area (Å²) in [5.74, 6) is -11.2. The Balaban J connectivity index is 1.09. The van der Waals surface area contributed by atoms with Crippen molar-refractivity contribution in [1.82, 2.24) is 46.6 Å². The van der Waals surface area contributed by atoms with Gasteiger partial charge >= 0.3 is 0 Å². The Kier molecular flexibility index (Phi) is 23.0. The molecule has 14 atom stereocenters. The molecule has 13 unspecified atom stereocenters. The molecule has 0 radical (unpaired) electrons. The number of amides is 8. The third kappa shape index (κ3) is 16.6. The lowest BCUT2D eigenvalue weighted by Crippen LogP contribution is -2.64. The van der Waals surface area contributed by atoms with Crippen molar-refractivity contribution in [2.45, 2.75) is 119 Å². The smallest absolute Gasteiger partial charge is 0.261 e. The maximum Gasteiger partial charge on any atom is 0.261 e. The van der Waals surface area contributed by atoms with Crippen molar-refractivity contribution < 1.29 is 103 Å². The second kappa shape index (κ2) is 30.6. The number of β-amino-alcohol motifs (C(OH)–C–C–N with tert-alkyl or cyclic N) is 1. The highest BCUT2D eigenvalue weighted by Gasteiger charge is 2.50. The van der Waals surface area contributed by atoms with Crippen molar-refractivity contribution in [3.05, 3.63) is 102 Å². The number of rotatable bonds is 18. The summed E-state index contributed by atoms with van der Waals surface area (Å²) >= 11 is 1.26. The molecule has 31 nitrogen and oxygen atoms in total. The van der Waals surface area contributed by atoms with Gasteiger partial charge < -0.3 is 91.9 Å². The first kappa shape index (κ1) is 68.5. The highest BCUT2D eigenvalue weighted by Crippen LogP contribution is 2.35. The lowest BCUT2D eigenvalue weighted by Gasteiger charge is -2.34. The Bertz CT molecular complexity index is 3420. The third-order valence-corrected chi connectivity index (χ3v) is 16.8. The molecule has 8 amide bonds. The van der Waals surface area contributed by atoms with E-state index in [-0.39, 0.29) is 23.5 Å². The number of phenolic OH excluding ortho intramolecular Hbond substituents is 1. The molecule has 1 aromatic heterocycles. The maximum absolute atomic E-state index is 14.7. The topological polar surface area (TPSA) is 474 Å². The van der Waals surface area contributed by atoms with Crippen LogP contribution >= 0.6 is 23.7 Å². The average Bonchev–Trinajstić information content (AvgIpc) is 1.80. The van der Waals surface area contributed by atoms with E-state index in [1.54, 1.807) is 12.1 Å². The van der Waals surface area contributed by atoms with Crippen LogP contribution in [0.25, 0.3) is 32.3 Å². The summed E-state index contributed by atoms with van der Waals surface area (Å²) in [6.07, 6.45) is -16.2. The van der Waals surface area contributed by atoms with Gasteiger partial charge in [-0.3, -0.25) is 38.4 Å². The van der Waals surface area contributed by atoms with Crippen LogP contribution in [0.15, 0.2) is 91.0 Å². The third-order valence-electron chi connectivity index (χ3n) is 15.4. The minimum Gasteiger partial charge on any atom is -0.504 e. The van der Waals surface area contributed by atoms with Crippen LogP contribution in [0.5, 0.6) is 17.2 Å². The van der Waals surface area contributed by atoms with Crippen LogP contribution in [0.3, 0.4) is 0 Å². The van der Waals surface area contributed by atoms with Gasteiger partial charge in [0.2, 0.25) is 41.4 Å². The lowest BCUT2D eigenvalue weighted by molar-refractivity contribution is -0.433. The van der Waals surface area contributed by atoms with E-state index in [0.29, 0.717) is 22.2 Å². The number of benzene rings is 4. The van der Waals surface area contributed by atoms with Crippen LogP contribution in [0.1, 0.15) is 62.1 Å². The van der Waals surface area contributed by atoms with Crippen LogP contribution in [0.4, 0.5) is 0 Å². The standard InChI is InChI=1S/C58H68N10O21S2/c1-4-86-36-16-13-29(14-17-36)28-5-9-31(10-6-28)55-65-66-56(90-55)32-11-7-30(8-12-32)50(78)61-37-20-34(70)23-60-54(82)46-47(75)26(2)24-68(46)58(84)44(40(73)22-42(59)74)63-53(81)45(49(77)48(76)33-15-18-39(72)41(19-33)87-91-89-88-85)64-52(80)38-21-35(71)25-67(38)57(83)43(27(3)69)62-51(37)79/h5-19,26-27,34-35,37-38,40,43-49,69-73,75-77,85H,4,20-25H2,1-3H3,(H2,59,74)(H,60,82)(H,61,78)(H,62,79)(H,63,81)(H,64,80)/t26?,27?,34?,35?,37-,38?,40?,43?,44?,45?,46?,47?,48?,49?/m0/s1. The quantitative estimate of drug-likeness (QED) is 0.0202. The zero-order valence-corrected chi connectivity index (χ0v) is 50.4. The molecule has 4 aromatic carbocycles. The minimum absolute atomic E-state index is 0.0162. The number of carbonyl (C=O) groups excluding carboxylic acids is 8. The molecule has 0 aliphatic carbocycles. The van der Waals surface area contributed by atoms with E-state index < -0.39 is 183 Å². The van der Waals surface area contributed by atoms with E-state index >= 15 is 0 Å². The van der Waals surface area contributed by atoms with Gasteiger partial charge in [-0.1, -0.05) is 82.2 Å². The Morgan fingerprint density at radius 1 is 0.747 bits per heavy atom. The zero-order valence-electron chi connectivity index (χ0n) is 48.8. The predicted molar refractivity (Wildman–Crippen MR) is 318 cm³/mol. The first-order valence-electron chi connectivity index (χ1n) is 28.4. The molecule has 3 aliphatic heterocycles. The molecule has 3 fully saturated rings. The van der Waals surface area contributed by atoms with E-state index in [1.165, 1.54) is 30.4 Å². The molecule has 0 saturated carbocycles. The number of aromatic hydroxyl groups is 1. The fourth-order valence-corrected chi connectivity index (χ4v) is 11.7. The second-order valence-corrected chi connectivity index (χ2v) is 23.3. The SMILES string of the molecule is CCOc1ccc(-c2ccc(-c3nnc(-c4ccc(C(=O)N[C@H]5CC(O)CNC(=O)C6C(O)C(C)CN6C(=O)C(C(O)CC(N)=O)NC(=O)C(C(O)C(O)c6ccc(O)c(OSOOO)c6)NC(=O)C6CC(O)CN6C(=O)C(C(C)O)NC5=O)cc4)s3)cc2)cc1. The molecule has 91 heavy (non-hydrogen) atoms. The fourth-order valence-electron chi connectivity index (χ4n) is 10.6. The molecular formula is C58H68N10O21S2. The number of ether oxygens (including phenoxy) is 1. The number of nitrogens with zero attached hydrogens (tertiary/aromatic N) is 4. The minimum atomic E-state index is -2.53. The van der Waals surface area contributed by atoms with E-state index in [2.05, 4.69) is 46.2 Å². The van der Waals surface area contributed by atoms with Crippen LogP contribution in [0.2, 0.25) is 0 Å². The summed E-state index contributed by atoms with van der Waals surface area (Å²) in [7, 11) is 0. The van der Waals surface area contributed by atoms with Gasteiger partial charge in [-0.15, -0.1) is 10.2 Å². The highest BCUT2D eigenvalue weighted by molar-refractivity contribution is 7.90. The van der Waals surface area contributed by atoms with Crippen LogP contribution in [-0.4, -0.2) is 212 Å². The lowest BCUT2D eigenvalue weighted by atomic mass is 9.96. The monoisotopic (exact) mass is 1300 g/mol. The van der Waals surface area contributed by atoms with Gasteiger partial charge in [0, 0.05) is 55.1 Å². The summed E-state index contributed by atoms with van der Waals surface area (Å²) in [5, 5.41) is 124. The van der Waals surface area contributed by atoms with Crippen molar-refractivity contribution in [3.8, 4) is 49.5 Å². The van der Waals surface area contributed by atoms with Gasteiger partial charge in [-0.2, -0.15) is 0 Å². The molecule has 0 bridgehead atoms. The van der Waals surface area contributed by atoms with Gasteiger partial charge in [-0.05, 0) is 66.9 Å². The van der Waals surface area contributed by atoms with Gasteiger partial charge in [0.1, 0.15) is 64.2 Å². The highest BCUT2D eigenvalue weighted by atomic mass is 32.2. The number of aliphatic hydroxyl groups is 7. The molecule has 33 heteroatoms. The summed E-state index contributed by atoms with van der Waals surface area (Å²) in [4.78, 5) is 115. The zero-order chi connectivity index (χ0) is 66.0. The van der Waals surface area contributed by atoms with E-state index in [4.69, 9.17) is 19.9 Å². The summed E-state index contributed by atoms with van der Waals surface area (Å²) < 4.78 is 14.8. The van der Waals surface area contributed by atoms with E-state index in [9.17, 15) is 79.2 Å². The van der Waals surface area contributed by atoms with Gasteiger partial charge in [0.25, 0.3) is 18.2 Å². The Labute approximate surface area is 526 Å². The van der Waals surface area contributed by atoms with Gasteiger partial charge in [-0.25, -0.2) is 5.26 Å². The molecule has 0 spiro atoms. The number of hydrogen-bond acceptors (Lipinski definition) is 25. The molecule has 16 N–H and O–H groups in total. The van der Waals surface area contributed by atoms with Crippen molar-refractivity contribution in [2.75, 3.05) is 26.2 Å². The number of hydrogen-bond donors (Lipinski definition) is 15. The van der Waals surface area contributed by atoms with E-state index in [0.717, 1.165) is 57.4 Å². The summed E-state index contributed by atoms with van der Waals surface area (Å²) in [6.45, 7) is 3.13. The number of fused-ring (bicyclic) bond motifs is 2. The van der Waals surface area contributed by atoms with E-state index in [1.807, 2.05) is 55.5 Å². The first-order valence-corrected chi connectivity index (χ1v) is 29.9. The van der Waals surface area contributed by atoms with Crippen LogP contribution in [-0.2, 0) is 42.9 Å². The van der Waals surface area contributed by atoms with Crippen LogP contribution < -0.4 is 41.2 Å². The molecule has 488 valence electrons.